The van der Waals surface area contributed by atoms with Crippen LogP contribution in [0.3, 0.4) is 0 Å². The van der Waals surface area contributed by atoms with Crippen molar-refractivity contribution in [2.75, 3.05) is 0 Å². The van der Waals surface area contributed by atoms with Crippen molar-refractivity contribution in [3.05, 3.63) is 51.5 Å². The number of nitrogens with zero attached hydrogens (tertiary/aromatic N) is 3. The number of aromatic nitrogens is 3. The van der Waals surface area contributed by atoms with Gasteiger partial charge in [-0.1, -0.05) is 12.1 Å². The van der Waals surface area contributed by atoms with Crippen LogP contribution in [0.25, 0.3) is 16.9 Å². The molecule has 0 aliphatic rings. The summed E-state index contributed by atoms with van der Waals surface area (Å²) in [6, 6.07) is 12.1. The van der Waals surface area contributed by atoms with E-state index in [1.165, 1.54) is 0 Å². The molecule has 3 rings (SSSR count). The molecule has 0 radical (unpaired) electrons. The highest BCUT2D eigenvalue weighted by Crippen LogP contribution is 2.29. The summed E-state index contributed by atoms with van der Waals surface area (Å²) in [6.45, 7) is 3.92. The van der Waals surface area contributed by atoms with Crippen molar-refractivity contribution < 1.29 is 0 Å². The predicted molar refractivity (Wildman–Crippen MR) is 90.6 cm³/mol. The van der Waals surface area contributed by atoms with Crippen molar-refractivity contribution in [3.63, 3.8) is 0 Å². The molecular formula is C15H13ClIN3. The minimum atomic E-state index is -0.180. The number of fused-ring (bicyclic) bond motifs is 1. The summed E-state index contributed by atoms with van der Waals surface area (Å²) in [5, 5.41) is -0.180. The van der Waals surface area contributed by atoms with Gasteiger partial charge in [0.2, 0.25) is 0 Å². The minimum absolute atomic E-state index is 0.180. The van der Waals surface area contributed by atoms with Crippen molar-refractivity contribution in [2.24, 2.45) is 0 Å². The highest BCUT2D eigenvalue weighted by Gasteiger charge is 2.18. The lowest BCUT2D eigenvalue weighted by Gasteiger charge is -2.11. The molecule has 0 aliphatic carbocycles. The number of benzene rings is 1. The largest absolute Gasteiger partial charge is 0.278 e. The molecule has 0 amide bonds. The lowest BCUT2D eigenvalue weighted by Crippen LogP contribution is -2.04. The predicted octanol–water partition coefficient (Wildman–Crippen LogP) is 4.63. The number of aryl methyl sites for hydroxylation is 1. The van der Waals surface area contributed by atoms with Gasteiger partial charge in [0.15, 0.2) is 5.65 Å². The van der Waals surface area contributed by atoms with Gasteiger partial charge in [-0.2, -0.15) is 0 Å². The van der Waals surface area contributed by atoms with E-state index in [-0.39, 0.29) is 5.38 Å². The third-order valence-electron chi connectivity index (χ3n) is 3.12. The van der Waals surface area contributed by atoms with Gasteiger partial charge in [-0.15, -0.1) is 11.6 Å². The lowest BCUT2D eigenvalue weighted by atomic mass is 10.3. The van der Waals surface area contributed by atoms with Gasteiger partial charge in [-0.25, -0.2) is 9.97 Å². The first kappa shape index (κ1) is 13.8. The van der Waals surface area contributed by atoms with E-state index in [1.54, 1.807) is 0 Å². The van der Waals surface area contributed by atoms with Gasteiger partial charge in [-0.3, -0.25) is 4.57 Å². The minimum Gasteiger partial charge on any atom is -0.278 e. The molecule has 1 atom stereocenters. The number of rotatable bonds is 2. The van der Waals surface area contributed by atoms with Gasteiger partial charge in [0.05, 0.1) is 11.1 Å². The first-order chi connectivity index (χ1) is 9.58. The Morgan fingerprint density at radius 1 is 1.15 bits per heavy atom. The highest BCUT2D eigenvalue weighted by molar-refractivity contribution is 14.1. The maximum atomic E-state index is 6.31. The maximum absolute atomic E-state index is 6.31. The van der Waals surface area contributed by atoms with Gasteiger partial charge < -0.3 is 0 Å². The average Bonchev–Trinajstić information content (AvgIpc) is 2.78. The van der Waals surface area contributed by atoms with Crippen LogP contribution in [-0.2, 0) is 0 Å². The molecule has 20 heavy (non-hydrogen) atoms. The van der Waals surface area contributed by atoms with E-state index in [0.29, 0.717) is 0 Å². The zero-order chi connectivity index (χ0) is 14.3. The Morgan fingerprint density at radius 3 is 2.60 bits per heavy atom. The van der Waals surface area contributed by atoms with E-state index in [4.69, 9.17) is 11.6 Å². The Balaban J connectivity index is 2.40. The summed E-state index contributed by atoms with van der Waals surface area (Å²) in [5.41, 5.74) is 3.77. The van der Waals surface area contributed by atoms with Crippen LogP contribution in [0.15, 0.2) is 36.4 Å². The van der Waals surface area contributed by atoms with Crippen LogP contribution in [0, 0.1) is 10.5 Å². The zero-order valence-corrected chi connectivity index (χ0v) is 14.1. The standard InChI is InChI=1S/C15H13ClIN3/c1-9-7-8-12-15(18-9)20(14(19-12)10(2)16)13-6-4-3-5-11(13)17/h3-8,10H,1-2H3. The van der Waals surface area contributed by atoms with Crippen LogP contribution in [0.5, 0.6) is 0 Å². The fourth-order valence-corrected chi connectivity index (χ4v) is 2.98. The van der Waals surface area contributed by atoms with Gasteiger partial charge in [0.1, 0.15) is 11.3 Å². The third kappa shape index (κ3) is 2.31. The third-order valence-corrected chi connectivity index (χ3v) is 4.23. The SMILES string of the molecule is Cc1ccc2nc(C(C)Cl)n(-c3ccccc3I)c2n1. The molecule has 0 fully saturated rings. The Morgan fingerprint density at radius 2 is 1.90 bits per heavy atom. The number of hydrogen-bond acceptors (Lipinski definition) is 2. The molecule has 3 aromatic rings. The van der Waals surface area contributed by atoms with Crippen molar-refractivity contribution in [3.8, 4) is 5.69 Å². The molecule has 0 bridgehead atoms. The summed E-state index contributed by atoms with van der Waals surface area (Å²) in [6.07, 6.45) is 0. The normalized spacial score (nSPS) is 12.8. The number of para-hydroxylation sites is 1. The van der Waals surface area contributed by atoms with Gasteiger partial charge in [0.25, 0.3) is 0 Å². The number of imidazole rings is 1. The summed E-state index contributed by atoms with van der Waals surface area (Å²) in [4.78, 5) is 9.27. The van der Waals surface area contributed by atoms with Crippen LogP contribution in [0.2, 0.25) is 0 Å². The van der Waals surface area contributed by atoms with E-state index in [0.717, 1.165) is 31.9 Å². The van der Waals surface area contributed by atoms with E-state index >= 15 is 0 Å². The monoisotopic (exact) mass is 397 g/mol. The quantitative estimate of drug-likeness (QED) is 0.466. The van der Waals surface area contributed by atoms with Crippen LogP contribution in [0.4, 0.5) is 0 Å². The summed E-state index contributed by atoms with van der Waals surface area (Å²) >= 11 is 8.63. The van der Waals surface area contributed by atoms with Crippen LogP contribution in [0.1, 0.15) is 23.8 Å². The fraction of sp³-hybridized carbons (Fsp3) is 0.200. The van der Waals surface area contributed by atoms with E-state index in [9.17, 15) is 0 Å². The Hall–Kier alpha value is -1.14. The smallest absolute Gasteiger partial charge is 0.165 e. The summed E-state index contributed by atoms with van der Waals surface area (Å²) < 4.78 is 3.20. The van der Waals surface area contributed by atoms with Crippen LogP contribution >= 0.6 is 34.2 Å². The molecule has 3 nitrogen and oxygen atoms in total. The first-order valence-corrected chi connectivity index (χ1v) is 7.84. The van der Waals surface area contributed by atoms with Crippen molar-refractivity contribution in [1.29, 1.82) is 0 Å². The van der Waals surface area contributed by atoms with E-state index in [1.807, 2.05) is 38.1 Å². The lowest BCUT2D eigenvalue weighted by molar-refractivity contribution is 0.873. The highest BCUT2D eigenvalue weighted by atomic mass is 127. The van der Waals surface area contributed by atoms with E-state index in [2.05, 4.69) is 49.3 Å². The zero-order valence-electron chi connectivity index (χ0n) is 11.1. The molecule has 102 valence electrons. The number of pyridine rings is 1. The molecule has 0 N–H and O–H groups in total. The van der Waals surface area contributed by atoms with Gasteiger partial charge in [0, 0.05) is 9.26 Å². The number of halogens is 2. The van der Waals surface area contributed by atoms with Crippen molar-refractivity contribution >= 4 is 45.4 Å². The molecule has 0 spiro atoms. The van der Waals surface area contributed by atoms with Crippen LogP contribution in [-0.4, -0.2) is 14.5 Å². The summed E-state index contributed by atoms with van der Waals surface area (Å²) in [7, 11) is 0. The molecule has 0 saturated carbocycles. The molecule has 1 unspecified atom stereocenters. The van der Waals surface area contributed by atoms with Crippen LogP contribution < -0.4 is 0 Å². The van der Waals surface area contributed by atoms with E-state index < -0.39 is 0 Å². The molecule has 1 aromatic carbocycles. The fourth-order valence-electron chi connectivity index (χ4n) is 2.21. The molecule has 5 heteroatoms. The topological polar surface area (TPSA) is 30.7 Å². The molecule has 2 heterocycles. The Labute approximate surface area is 136 Å². The molecular weight excluding hydrogens is 385 g/mol. The first-order valence-electron chi connectivity index (χ1n) is 6.33. The average molecular weight is 398 g/mol. The maximum Gasteiger partial charge on any atom is 0.165 e. The van der Waals surface area contributed by atoms with Crippen molar-refractivity contribution in [2.45, 2.75) is 19.2 Å². The van der Waals surface area contributed by atoms with Crippen molar-refractivity contribution in [1.82, 2.24) is 14.5 Å². The number of alkyl halides is 1. The number of hydrogen-bond donors (Lipinski definition) is 0. The Bertz CT molecular complexity index is 780. The second-order valence-corrected chi connectivity index (χ2v) is 6.49. The Kier molecular flexibility index (Phi) is 3.69. The summed E-state index contributed by atoms with van der Waals surface area (Å²) in [5.74, 6) is 0.823. The molecule has 2 aromatic heterocycles. The molecule has 0 saturated heterocycles. The van der Waals surface area contributed by atoms with Gasteiger partial charge in [-0.05, 0) is 60.7 Å². The second kappa shape index (κ2) is 5.33. The molecule has 0 aliphatic heterocycles. The second-order valence-electron chi connectivity index (χ2n) is 4.67. The van der Waals surface area contributed by atoms with Gasteiger partial charge >= 0.3 is 0 Å².